The lowest BCUT2D eigenvalue weighted by molar-refractivity contribution is -0.111. The topological polar surface area (TPSA) is 84.2 Å². The molecule has 0 radical (unpaired) electrons. The monoisotopic (exact) mass is 481 g/mol. The molecular weight excluding hydrogens is 465 g/mol. The molecule has 152 valence electrons. The minimum atomic E-state index is -1.30. The number of aromatic carboxylic acids is 1. The van der Waals surface area contributed by atoms with Crippen LogP contribution in [0.15, 0.2) is 35.1 Å². The first-order valence-electron chi connectivity index (χ1n) is 8.93. The number of aromatic nitrogens is 2. The second-order valence-electron chi connectivity index (χ2n) is 6.62. The predicted molar refractivity (Wildman–Crippen MR) is 114 cm³/mol. The minimum Gasteiger partial charge on any atom is -0.478 e. The summed E-state index contributed by atoms with van der Waals surface area (Å²) in [6, 6.07) is 6.28. The zero-order chi connectivity index (χ0) is 21.1. The van der Waals surface area contributed by atoms with Gasteiger partial charge in [0, 0.05) is 16.9 Å². The number of aldehydes is 1. The first-order valence-corrected chi connectivity index (χ1v) is 10.1. The Bertz CT molecular complexity index is 1090. The summed E-state index contributed by atoms with van der Waals surface area (Å²) in [7, 11) is 0. The maximum Gasteiger partial charge on any atom is 0.338 e. The van der Waals surface area contributed by atoms with Gasteiger partial charge in [-0.1, -0.05) is 40.9 Å². The summed E-state index contributed by atoms with van der Waals surface area (Å²) in [6.07, 6.45) is 3.78. The summed E-state index contributed by atoms with van der Waals surface area (Å²) < 4.78 is 17.6. The molecule has 9 heteroatoms. The van der Waals surface area contributed by atoms with Gasteiger partial charge in [0.25, 0.3) is 0 Å². The van der Waals surface area contributed by atoms with Crippen molar-refractivity contribution in [3.63, 3.8) is 0 Å². The second kappa shape index (κ2) is 8.92. The van der Waals surface area contributed by atoms with E-state index in [0.717, 1.165) is 17.2 Å². The van der Waals surface area contributed by atoms with Gasteiger partial charge in [-0.2, -0.15) is 0 Å². The summed E-state index contributed by atoms with van der Waals surface area (Å²) in [5, 5.41) is 12.7. The van der Waals surface area contributed by atoms with E-state index in [1.54, 1.807) is 22.8 Å². The normalized spacial score (nSPS) is 12.1. The molecule has 29 heavy (non-hydrogen) atoms. The minimum absolute atomic E-state index is 0.0203. The van der Waals surface area contributed by atoms with Crippen LogP contribution in [0.1, 0.15) is 30.1 Å². The first kappa shape index (κ1) is 21.3. The molecule has 0 spiro atoms. The number of carboxylic acid groups (broad SMARTS) is 1. The first-order chi connectivity index (χ1) is 13.8. The SMILES string of the molecule is CCCC(C=O)Cn1cnc2c(F)c(Nc3ccc(Br)cc3Cl)c(C(=O)O)cc21. The molecule has 1 heterocycles. The number of carbonyl (C=O) groups excluding carboxylic acids is 1. The average Bonchev–Trinajstić information content (AvgIpc) is 3.08. The third-order valence-electron chi connectivity index (χ3n) is 4.56. The van der Waals surface area contributed by atoms with Crippen molar-refractivity contribution in [2.45, 2.75) is 26.3 Å². The Morgan fingerprint density at radius 1 is 1.45 bits per heavy atom. The lowest BCUT2D eigenvalue weighted by Gasteiger charge is -2.14. The number of nitrogens with one attached hydrogen (secondary N) is 1. The van der Waals surface area contributed by atoms with E-state index < -0.39 is 11.8 Å². The molecule has 2 N–H and O–H groups in total. The number of hydrogen-bond donors (Lipinski definition) is 2. The Labute approximate surface area is 179 Å². The summed E-state index contributed by atoms with van der Waals surface area (Å²) >= 11 is 9.46. The molecular formula is C20H18BrClFN3O3. The number of hydrogen-bond acceptors (Lipinski definition) is 4. The summed E-state index contributed by atoms with van der Waals surface area (Å²) in [4.78, 5) is 27.2. The molecule has 0 aliphatic rings. The Hall–Kier alpha value is -2.45. The van der Waals surface area contributed by atoms with Crippen molar-refractivity contribution >= 4 is 62.2 Å². The fourth-order valence-corrected chi connectivity index (χ4v) is 3.87. The van der Waals surface area contributed by atoms with Gasteiger partial charge in [0.15, 0.2) is 5.82 Å². The van der Waals surface area contributed by atoms with Crippen LogP contribution < -0.4 is 5.32 Å². The number of carbonyl (C=O) groups is 2. The highest BCUT2D eigenvalue weighted by Crippen LogP contribution is 2.34. The van der Waals surface area contributed by atoms with Crippen molar-refractivity contribution in [3.05, 3.63) is 51.5 Å². The maximum atomic E-state index is 15.2. The van der Waals surface area contributed by atoms with Crippen molar-refractivity contribution in [1.82, 2.24) is 9.55 Å². The third kappa shape index (κ3) is 4.43. The summed E-state index contributed by atoms with van der Waals surface area (Å²) in [5.74, 6) is -2.35. The number of imidazole rings is 1. The highest BCUT2D eigenvalue weighted by atomic mass is 79.9. The lowest BCUT2D eigenvalue weighted by Crippen LogP contribution is -2.12. The predicted octanol–water partition coefficient (Wildman–Crippen LogP) is 5.65. The zero-order valence-electron chi connectivity index (χ0n) is 15.5. The summed E-state index contributed by atoms with van der Waals surface area (Å²) in [6.45, 7) is 2.27. The standard InChI is InChI=1S/C20H18BrClFN3O3/c1-2-3-11(9-27)8-26-10-24-19-16(26)7-13(20(28)29)18(17(19)23)25-15-5-4-12(21)6-14(15)22/h4-7,9-11,25H,2-3,8H2,1H3,(H,28,29). The Kier molecular flexibility index (Phi) is 6.54. The van der Waals surface area contributed by atoms with Gasteiger partial charge in [0.2, 0.25) is 0 Å². The molecule has 0 aliphatic heterocycles. The van der Waals surface area contributed by atoms with E-state index in [1.807, 2.05) is 6.92 Å². The van der Waals surface area contributed by atoms with Gasteiger partial charge in [0.1, 0.15) is 11.8 Å². The number of benzene rings is 2. The number of halogens is 3. The molecule has 1 aromatic heterocycles. The van der Waals surface area contributed by atoms with Crippen molar-refractivity contribution < 1.29 is 19.1 Å². The molecule has 6 nitrogen and oxygen atoms in total. The molecule has 0 fully saturated rings. The Morgan fingerprint density at radius 2 is 2.21 bits per heavy atom. The molecule has 2 aromatic carbocycles. The third-order valence-corrected chi connectivity index (χ3v) is 5.37. The van der Waals surface area contributed by atoms with Crippen LogP contribution in [0.2, 0.25) is 5.02 Å². The van der Waals surface area contributed by atoms with E-state index >= 15 is 4.39 Å². The van der Waals surface area contributed by atoms with Crippen LogP contribution in [0.25, 0.3) is 11.0 Å². The van der Waals surface area contributed by atoms with Gasteiger partial charge in [-0.05, 0) is 30.7 Å². The highest BCUT2D eigenvalue weighted by molar-refractivity contribution is 9.10. The second-order valence-corrected chi connectivity index (χ2v) is 7.94. The van der Waals surface area contributed by atoms with Crippen molar-refractivity contribution in [2.24, 2.45) is 5.92 Å². The molecule has 3 rings (SSSR count). The fraction of sp³-hybridized carbons (Fsp3) is 0.250. The molecule has 3 aromatic rings. The number of anilines is 2. The van der Waals surface area contributed by atoms with E-state index in [9.17, 15) is 14.7 Å². The van der Waals surface area contributed by atoms with Crippen LogP contribution in [-0.4, -0.2) is 26.9 Å². The number of nitrogens with zero attached hydrogens (tertiary/aromatic N) is 2. The van der Waals surface area contributed by atoms with Crippen LogP contribution in [0, 0.1) is 11.7 Å². The van der Waals surface area contributed by atoms with Gasteiger partial charge in [0.05, 0.1) is 33.8 Å². The Balaban J connectivity index is 2.09. The highest BCUT2D eigenvalue weighted by Gasteiger charge is 2.23. The van der Waals surface area contributed by atoms with E-state index in [4.69, 9.17) is 11.6 Å². The Morgan fingerprint density at radius 3 is 2.83 bits per heavy atom. The molecule has 0 bridgehead atoms. The molecule has 1 unspecified atom stereocenters. The van der Waals surface area contributed by atoms with Crippen LogP contribution in [-0.2, 0) is 11.3 Å². The molecule has 0 saturated carbocycles. The molecule has 1 atom stereocenters. The van der Waals surface area contributed by atoms with Gasteiger partial charge < -0.3 is 19.8 Å². The van der Waals surface area contributed by atoms with Gasteiger partial charge in [-0.15, -0.1) is 0 Å². The molecule has 0 aliphatic carbocycles. The molecule has 0 saturated heterocycles. The average molecular weight is 483 g/mol. The van der Waals surface area contributed by atoms with E-state index in [1.165, 1.54) is 12.4 Å². The van der Waals surface area contributed by atoms with Gasteiger partial charge in [-0.3, -0.25) is 0 Å². The molecule has 0 amide bonds. The van der Waals surface area contributed by atoms with E-state index in [-0.39, 0.29) is 22.7 Å². The zero-order valence-corrected chi connectivity index (χ0v) is 17.8. The van der Waals surface area contributed by atoms with Crippen LogP contribution in [0.4, 0.5) is 15.8 Å². The summed E-state index contributed by atoms with van der Waals surface area (Å²) in [5.41, 5.74) is 0.218. The quantitative estimate of drug-likeness (QED) is 0.405. The fourth-order valence-electron chi connectivity index (χ4n) is 3.15. The lowest BCUT2D eigenvalue weighted by atomic mass is 10.1. The van der Waals surface area contributed by atoms with Crippen LogP contribution in [0.3, 0.4) is 0 Å². The van der Waals surface area contributed by atoms with Gasteiger partial charge >= 0.3 is 5.97 Å². The number of rotatable bonds is 8. The maximum absolute atomic E-state index is 15.2. The van der Waals surface area contributed by atoms with Crippen LogP contribution in [0.5, 0.6) is 0 Å². The number of carboxylic acids is 1. The van der Waals surface area contributed by atoms with Crippen LogP contribution >= 0.6 is 27.5 Å². The van der Waals surface area contributed by atoms with E-state index in [0.29, 0.717) is 29.2 Å². The van der Waals surface area contributed by atoms with E-state index in [2.05, 4.69) is 26.2 Å². The smallest absolute Gasteiger partial charge is 0.338 e. The van der Waals surface area contributed by atoms with Crippen molar-refractivity contribution in [3.8, 4) is 0 Å². The van der Waals surface area contributed by atoms with Crippen molar-refractivity contribution in [1.29, 1.82) is 0 Å². The van der Waals surface area contributed by atoms with Crippen molar-refractivity contribution in [2.75, 3.05) is 5.32 Å². The number of fused-ring (bicyclic) bond motifs is 1. The largest absolute Gasteiger partial charge is 0.478 e. The van der Waals surface area contributed by atoms with Gasteiger partial charge in [-0.25, -0.2) is 14.2 Å².